The van der Waals surface area contributed by atoms with Crippen molar-refractivity contribution in [3.05, 3.63) is 54.0 Å². The lowest BCUT2D eigenvalue weighted by Crippen LogP contribution is -2.20. The van der Waals surface area contributed by atoms with Gasteiger partial charge in [-0.15, -0.1) is 0 Å². The van der Waals surface area contributed by atoms with Crippen molar-refractivity contribution in [2.24, 2.45) is 4.99 Å². The van der Waals surface area contributed by atoms with Crippen LogP contribution in [0.4, 0.5) is 16.3 Å². The number of carbonyl (C=O) groups excluding carboxylic acids is 1. The normalized spacial score (nSPS) is 11.2. The van der Waals surface area contributed by atoms with Crippen molar-refractivity contribution >= 4 is 17.5 Å². The van der Waals surface area contributed by atoms with E-state index in [1.807, 2.05) is 18.2 Å². The summed E-state index contributed by atoms with van der Waals surface area (Å²) in [6.07, 6.45) is 1.43. The first-order valence-electron chi connectivity index (χ1n) is 6.06. The quantitative estimate of drug-likeness (QED) is 0.821. The van der Waals surface area contributed by atoms with Gasteiger partial charge in [-0.1, -0.05) is 18.2 Å². The molecule has 0 atom stereocenters. The lowest BCUT2D eigenvalue weighted by Gasteiger charge is -2.14. The molecule has 20 heavy (non-hydrogen) atoms. The minimum absolute atomic E-state index is 0.461. The van der Waals surface area contributed by atoms with Crippen LogP contribution in [0.25, 0.3) is 0 Å². The number of benzene rings is 1. The minimum atomic E-state index is -0.461. The molecule has 2 aromatic rings. The number of hydrogen-bond donors (Lipinski definition) is 2. The zero-order valence-electron chi connectivity index (χ0n) is 11.3. The topological polar surface area (TPSA) is 69.9 Å². The van der Waals surface area contributed by atoms with Crippen LogP contribution in [0.5, 0.6) is 0 Å². The fourth-order valence-corrected chi connectivity index (χ4v) is 1.66. The van der Waals surface area contributed by atoms with Gasteiger partial charge < -0.3 is 15.4 Å². The molecule has 2 N–H and O–H groups in total. The van der Waals surface area contributed by atoms with Gasteiger partial charge in [0.2, 0.25) is 0 Å². The molecule has 0 saturated heterocycles. The standard InChI is InChI=1S/C14H16N4O2/c1-17(2)13-10-12(8-9-18(13)20)16-14(19)15-11-6-4-3-5-7-11/h3-10,20H,1-2H3,(H,15,19). The zero-order valence-corrected chi connectivity index (χ0v) is 11.3. The highest BCUT2D eigenvalue weighted by molar-refractivity contribution is 5.89. The van der Waals surface area contributed by atoms with Gasteiger partial charge in [0.15, 0.2) is 0 Å². The van der Waals surface area contributed by atoms with Crippen molar-refractivity contribution in [1.82, 2.24) is 4.73 Å². The summed E-state index contributed by atoms with van der Waals surface area (Å²) < 4.78 is 0.966. The summed E-state index contributed by atoms with van der Waals surface area (Å²) in [4.78, 5) is 17.4. The van der Waals surface area contributed by atoms with Crippen LogP contribution in [0.15, 0.2) is 53.7 Å². The third-order valence-corrected chi connectivity index (χ3v) is 2.61. The predicted octanol–water partition coefficient (Wildman–Crippen LogP) is 1.92. The van der Waals surface area contributed by atoms with Gasteiger partial charge in [-0.25, -0.2) is 4.79 Å². The Morgan fingerprint density at radius 1 is 1.25 bits per heavy atom. The minimum Gasteiger partial charge on any atom is -0.427 e. The number of amides is 2. The van der Waals surface area contributed by atoms with E-state index in [1.54, 1.807) is 43.3 Å². The molecule has 2 amide bonds. The Morgan fingerprint density at radius 3 is 2.60 bits per heavy atom. The van der Waals surface area contributed by atoms with Crippen molar-refractivity contribution in [2.45, 2.75) is 0 Å². The van der Waals surface area contributed by atoms with E-state index in [1.165, 1.54) is 6.20 Å². The summed E-state index contributed by atoms with van der Waals surface area (Å²) in [5.74, 6) is 0.527. The van der Waals surface area contributed by atoms with E-state index in [0.717, 1.165) is 4.73 Å². The Hall–Kier alpha value is -2.76. The first-order valence-corrected chi connectivity index (χ1v) is 6.06. The van der Waals surface area contributed by atoms with E-state index in [4.69, 9.17) is 0 Å². The summed E-state index contributed by atoms with van der Waals surface area (Å²) in [7, 11) is 3.58. The van der Waals surface area contributed by atoms with Gasteiger partial charge in [0.1, 0.15) is 5.82 Å². The molecule has 1 aromatic heterocycles. The van der Waals surface area contributed by atoms with E-state index < -0.39 is 6.03 Å². The van der Waals surface area contributed by atoms with Gasteiger partial charge in [-0.3, -0.25) is 0 Å². The maximum Gasteiger partial charge on any atom is 0.345 e. The maximum absolute atomic E-state index is 11.8. The molecule has 0 bridgehead atoms. The molecule has 0 aliphatic heterocycles. The average Bonchev–Trinajstić information content (AvgIpc) is 2.41. The molecule has 6 nitrogen and oxygen atoms in total. The van der Waals surface area contributed by atoms with Crippen LogP contribution in [0, 0.1) is 0 Å². The van der Waals surface area contributed by atoms with E-state index in [-0.39, 0.29) is 0 Å². The maximum atomic E-state index is 11.8. The molecule has 0 fully saturated rings. The van der Waals surface area contributed by atoms with Crippen LogP contribution < -0.4 is 15.6 Å². The summed E-state index contributed by atoms with van der Waals surface area (Å²) in [6, 6.07) is 11.8. The molecule has 104 valence electrons. The molecule has 0 spiro atoms. The average molecular weight is 272 g/mol. The molecule has 0 aliphatic carbocycles. The van der Waals surface area contributed by atoms with Gasteiger partial charge in [0, 0.05) is 32.0 Å². The molecular weight excluding hydrogens is 256 g/mol. The first-order chi connectivity index (χ1) is 9.56. The number of carbonyl (C=O) groups is 1. The summed E-state index contributed by atoms with van der Waals surface area (Å²) in [5, 5.41) is 12.7. The number of rotatable bonds is 2. The highest BCUT2D eigenvalue weighted by atomic mass is 16.5. The molecule has 1 aromatic carbocycles. The van der Waals surface area contributed by atoms with Gasteiger partial charge in [0.25, 0.3) is 0 Å². The van der Waals surface area contributed by atoms with Crippen molar-refractivity contribution in [3.63, 3.8) is 0 Å². The number of aromatic nitrogens is 1. The number of nitrogens with one attached hydrogen (secondary N) is 1. The highest BCUT2D eigenvalue weighted by Crippen LogP contribution is 2.06. The lowest BCUT2D eigenvalue weighted by atomic mass is 10.3. The molecule has 6 heteroatoms. The number of para-hydroxylation sites is 1. The van der Waals surface area contributed by atoms with Crippen LogP contribution in [0.3, 0.4) is 0 Å². The molecular formula is C14H16N4O2. The predicted molar refractivity (Wildman–Crippen MR) is 77.0 cm³/mol. The van der Waals surface area contributed by atoms with Gasteiger partial charge >= 0.3 is 6.03 Å². The summed E-state index contributed by atoms with van der Waals surface area (Å²) >= 11 is 0. The Balaban J connectivity index is 2.22. The summed E-state index contributed by atoms with van der Waals surface area (Å²) in [5.41, 5.74) is 0.683. The third-order valence-electron chi connectivity index (χ3n) is 2.61. The van der Waals surface area contributed by atoms with Crippen molar-refractivity contribution < 1.29 is 10.0 Å². The second kappa shape index (κ2) is 5.92. The third kappa shape index (κ3) is 3.38. The van der Waals surface area contributed by atoms with Crippen LogP contribution in [0.2, 0.25) is 0 Å². The van der Waals surface area contributed by atoms with Crippen molar-refractivity contribution in [1.29, 1.82) is 0 Å². The highest BCUT2D eigenvalue weighted by Gasteiger charge is 2.02. The van der Waals surface area contributed by atoms with E-state index >= 15 is 0 Å². The molecule has 0 unspecified atom stereocenters. The van der Waals surface area contributed by atoms with Gasteiger partial charge in [-0.05, 0) is 18.2 Å². The molecule has 0 saturated carbocycles. The second-order valence-corrected chi connectivity index (χ2v) is 4.39. The molecule has 0 aliphatic rings. The summed E-state index contributed by atoms with van der Waals surface area (Å²) in [6.45, 7) is 0. The number of hydrogen-bond acceptors (Lipinski definition) is 3. The zero-order chi connectivity index (χ0) is 14.5. The molecule has 1 heterocycles. The first kappa shape index (κ1) is 13.7. The van der Waals surface area contributed by atoms with E-state index in [0.29, 0.717) is 16.9 Å². The van der Waals surface area contributed by atoms with Crippen molar-refractivity contribution in [2.75, 3.05) is 24.3 Å². The number of nitrogens with zero attached hydrogens (tertiary/aromatic N) is 3. The SMILES string of the molecule is CN(C)c1cc(=NC(=O)Nc2ccccc2)ccn1O. The van der Waals surface area contributed by atoms with Crippen molar-refractivity contribution in [3.8, 4) is 0 Å². The fourth-order valence-electron chi connectivity index (χ4n) is 1.66. The van der Waals surface area contributed by atoms with Crippen LogP contribution in [-0.4, -0.2) is 30.1 Å². The Labute approximate surface area is 116 Å². The largest absolute Gasteiger partial charge is 0.427 e. The van der Waals surface area contributed by atoms with Crippen LogP contribution in [0.1, 0.15) is 0 Å². The molecule has 0 radical (unpaired) electrons. The smallest absolute Gasteiger partial charge is 0.345 e. The van der Waals surface area contributed by atoms with E-state index in [9.17, 15) is 10.0 Å². The van der Waals surface area contributed by atoms with Gasteiger partial charge in [0.05, 0.1) is 5.36 Å². The van der Waals surface area contributed by atoms with Gasteiger partial charge in [-0.2, -0.15) is 9.72 Å². The number of anilines is 2. The number of urea groups is 1. The second-order valence-electron chi connectivity index (χ2n) is 4.39. The lowest BCUT2D eigenvalue weighted by molar-refractivity contribution is 0.187. The Kier molecular flexibility index (Phi) is 4.05. The number of pyridine rings is 1. The monoisotopic (exact) mass is 272 g/mol. The van der Waals surface area contributed by atoms with Crippen LogP contribution >= 0.6 is 0 Å². The fraction of sp³-hybridized carbons (Fsp3) is 0.143. The Bertz CT molecular complexity index is 662. The molecule has 2 rings (SSSR count). The Morgan fingerprint density at radius 2 is 1.95 bits per heavy atom. The van der Waals surface area contributed by atoms with Crippen LogP contribution in [-0.2, 0) is 0 Å². The van der Waals surface area contributed by atoms with E-state index in [2.05, 4.69) is 10.3 Å².